The van der Waals surface area contributed by atoms with Crippen molar-refractivity contribution in [3.05, 3.63) is 0 Å². The Bertz CT molecular complexity index is 144. The van der Waals surface area contributed by atoms with Crippen molar-refractivity contribution in [1.29, 1.82) is 5.41 Å². The van der Waals surface area contributed by atoms with Crippen molar-refractivity contribution < 1.29 is 15.0 Å². The van der Waals surface area contributed by atoms with Crippen LogP contribution in [-0.4, -0.2) is 28.0 Å². The van der Waals surface area contributed by atoms with Gasteiger partial charge in [-0.15, -0.1) is 0 Å². The van der Waals surface area contributed by atoms with E-state index < -0.39 is 17.8 Å². The summed E-state index contributed by atoms with van der Waals surface area (Å²) < 4.78 is 0. The van der Waals surface area contributed by atoms with E-state index in [4.69, 9.17) is 15.6 Å². The van der Waals surface area contributed by atoms with Gasteiger partial charge in [-0.3, -0.25) is 5.41 Å². The molecule has 4 nitrogen and oxygen atoms in total. The minimum Gasteiger partial charge on any atom is -0.477 e. The Balaban J connectivity index is 3.68. The van der Waals surface area contributed by atoms with Gasteiger partial charge >= 0.3 is 5.97 Å². The first-order valence-corrected chi connectivity index (χ1v) is 3.06. The van der Waals surface area contributed by atoms with Crippen molar-refractivity contribution in [2.45, 2.75) is 25.9 Å². The second-order valence-electron chi connectivity index (χ2n) is 2.05. The van der Waals surface area contributed by atoms with E-state index in [0.717, 1.165) is 0 Å². The second-order valence-corrected chi connectivity index (χ2v) is 2.05. The molecule has 0 aliphatic carbocycles. The SMILES string of the molecule is CCC(O)CC(=N)C(=O)O. The third-order valence-corrected chi connectivity index (χ3v) is 1.17. The van der Waals surface area contributed by atoms with E-state index >= 15 is 0 Å². The molecule has 0 rings (SSSR count). The summed E-state index contributed by atoms with van der Waals surface area (Å²) in [6.07, 6.45) is -0.273. The summed E-state index contributed by atoms with van der Waals surface area (Å²) >= 11 is 0. The fraction of sp³-hybridized carbons (Fsp3) is 0.667. The van der Waals surface area contributed by atoms with Crippen molar-refractivity contribution in [2.24, 2.45) is 0 Å². The maximum Gasteiger partial charge on any atom is 0.349 e. The fourth-order valence-electron chi connectivity index (χ4n) is 0.467. The van der Waals surface area contributed by atoms with Gasteiger partial charge in [-0.25, -0.2) is 4.79 Å². The molecular weight excluding hydrogens is 134 g/mol. The van der Waals surface area contributed by atoms with Gasteiger partial charge in [0.1, 0.15) is 5.71 Å². The molecule has 0 radical (unpaired) electrons. The highest BCUT2D eigenvalue weighted by Crippen LogP contribution is 1.97. The fourth-order valence-corrected chi connectivity index (χ4v) is 0.467. The highest BCUT2D eigenvalue weighted by Gasteiger charge is 2.10. The van der Waals surface area contributed by atoms with E-state index in [1.807, 2.05) is 0 Å². The van der Waals surface area contributed by atoms with Crippen LogP contribution in [0.15, 0.2) is 0 Å². The quantitative estimate of drug-likeness (QED) is 0.496. The number of nitrogens with one attached hydrogen (secondary N) is 1. The van der Waals surface area contributed by atoms with E-state index in [0.29, 0.717) is 6.42 Å². The van der Waals surface area contributed by atoms with Gasteiger partial charge in [0, 0.05) is 6.42 Å². The summed E-state index contributed by atoms with van der Waals surface area (Å²) in [4.78, 5) is 10.0. The number of carboxylic acid groups (broad SMARTS) is 1. The normalized spacial score (nSPS) is 12.6. The number of carbonyl (C=O) groups is 1. The molecule has 0 amide bonds. The lowest BCUT2D eigenvalue weighted by Crippen LogP contribution is -2.18. The average Bonchev–Trinajstić information content (AvgIpc) is 1.87. The van der Waals surface area contributed by atoms with Gasteiger partial charge in [-0.1, -0.05) is 6.92 Å². The predicted molar refractivity (Wildman–Crippen MR) is 36.3 cm³/mol. The average molecular weight is 145 g/mol. The lowest BCUT2D eigenvalue weighted by atomic mass is 10.1. The zero-order valence-electron chi connectivity index (χ0n) is 5.79. The van der Waals surface area contributed by atoms with E-state index in [1.165, 1.54) is 0 Å². The predicted octanol–water partition coefficient (Wildman–Crippen LogP) is 0.252. The number of hydrogen-bond acceptors (Lipinski definition) is 3. The van der Waals surface area contributed by atoms with Gasteiger partial charge in [-0.2, -0.15) is 0 Å². The lowest BCUT2D eigenvalue weighted by Gasteiger charge is -2.04. The van der Waals surface area contributed by atoms with Gasteiger partial charge in [0.15, 0.2) is 0 Å². The number of aliphatic hydroxyl groups excluding tert-OH is 1. The summed E-state index contributed by atoms with van der Waals surface area (Å²) in [5.41, 5.74) is -0.436. The number of aliphatic hydroxyl groups is 1. The maximum atomic E-state index is 10.0. The third kappa shape index (κ3) is 3.19. The monoisotopic (exact) mass is 145 g/mol. The van der Waals surface area contributed by atoms with Gasteiger partial charge in [0.25, 0.3) is 0 Å². The molecule has 0 bridgehead atoms. The molecule has 0 saturated carbocycles. The Hall–Kier alpha value is -0.900. The number of hydrogen-bond donors (Lipinski definition) is 3. The van der Waals surface area contributed by atoms with Crippen molar-refractivity contribution in [3.8, 4) is 0 Å². The molecule has 10 heavy (non-hydrogen) atoms. The third-order valence-electron chi connectivity index (χ3n) is 1.17. The highest BCUT2D eigenvalue weighted by atomic mass is 16.4. The van der Waals surface area contributed by atoms with Crippen LogP contribution in [0.25, 0.3) is 0 Å². The molecule has 0 aromatic carbocycles. The van der Waals surface area contributed by atoms with Gasteiger partial charge in [0.2, 0.25) is 0 Å². The largest absolute Gasteiger partial charge is 0.477 e. The zero-order chi connectivity index (χ0) is 8.15. The molecule has 0 fully saturated rings. The topological polar surface area (TPSA) is 81.4 Å². The molecule has 0 spiro atoms. The van der Waals surface area contributed by atoms with Crippen LogP contribution in [0, 0.1) is 5.41 Å². The smallest absolute Gasteiger partial charge is 0.349 e. The summed E-state index contributed by atoms with van der Waals surface area (Å²) in [7, 11) is 0. The van der Waals surface area contributed by atoms with Crippen LogP contribution in [0.4, 0.5) is 0 Å². The summed E-state index contributed by atoms with van der Waals surface area (Å²) in [6, 6.07) is 0. The first-order chi connectivity index (χ1) is 4.57. The maximum absolute atomic E-state index is 10.0. The zero-order valence-corrected chi connectivity index (χ0v) is 5.79. The second kappa shape index (κ2) is 4.00. The minimum atomic E-state index is -1.26. The molecule has 0 heterocycles. The molecule has 0 aliphatic heterocycles. The van der Waals surface area contributed by atoms with Gasteiger partial charge in [-0.05, 0) is 6.42 Å². The molecule has 1 atom stereocenters. The molecular formula is C6H11NO3. The Morgan fingerprint density at radius 2 is 2.20 bits per heavy atom. The summed E-state index contributed by atoms with van der Waals surface area (Å²) in [6.45, 7) is 1.74. The van der Waals surface area contributed by atoms with Crippen LogP contribution in [0.3, 0.4) is 0 Å². The molecule has 58 valence electrons. The first kappa shape index (κ1) is 9.10. The Labute approximate surface area is 59.0 Å². The van der Waals surface area contributed by atoms with Crippen LogP contribution >= 0.6 is 0 Å². The molecule has 3 N–H and O–H groups in total. The molecule has 0 aromatic rings. The van der Waals surface area contributed by atoms with Crippen LogP contribution in [0.5, 0.6) is 0 Å². The van der Waals surface area contributed by atoms with Crippen molar-refractivity contribution in [2.75, 3.05) is 0 Å². The van der Waals surface area contributed by atoms with Crippen molar-refractivity contribution >= 4 is 11.7 Å². The summed E-state index contributed by atoms with van der Waals surface area (Å²) in [5, 5.41) is 23.9. The Morgan fingerprint density at radius 3 is 2.50 bits per heavy atom. The lowest BCUT2D eigenvalue weighted by molar-refractivity contribution is -0.129. The standard InChI is InChI=1S/C6H11NO3/c1-2-4(8)3-5(7)6(9)10/h4,7-8H,2-3H2,1H3,(H,9,10). The molecule has 0 aromatic heterocycles. The molecule has 1 unspecified atom stereocenters. The molecule has 0 aliphatic rings. The van der Waals surface area contributed by atoms with E-state index in [9.17, 15) is 4.79 Å². The van der Waals surface area contributed by atoms with E-state index in [2.05, 4.69) is 0 Å². The number of aliphatic carboxylic acids is 1. The van der Waals surface area contributed by atoms with Crippen molar-refractivity contribution in [3.63, 3.8) is 0 Å². The first-order valence-electron chi connectivity index (χ1n) is 3.06. The molecule has 4 heteroatoms. The van der Waals surface area contributed by atoms with Crippen molar-refractivity contribution in [1.82, 2.24) is 0 Å². The van der Waals surface area contributed by atoms with Crippen LogP contribution < -0.4 is 0 Å². The minimum absolute atomic E-state index is 0.0637. The molecule has 0 saturated heterocycles. The van der Waals surface area contributed by atoms with E-state index in [-0.39, 0.29) is 6.42 Å². The summed E-state index contributed by atoms with van der Waals surface area (Å²) in [5.74, 6) is -1.26. The van der Waals surface area contributed by atoms with Crippen LogP contribution in [0.2, 0.25) is 0 Å². The van der Waals surface area contributed by atoms with Gasteiger partial charge < -0.3 is 10.2 Å². The van der Waals surface area contributed by atoms with Crippen LogP contribution in [0.1, 0.15) is 19.8 Å². The van der Waals surface area contributed by atoms with E-state index in [1.54, 1.807) is 6.92 Å². The number of carboxylic acids is 1. The highest BCUT2D eigenvalue weighted by molar-refractivity contribution is 6.34. The van der Waals surface area contributed by atoms with Gasteiger partial charge in [0.05, 0.1) is 6.10 Å². The number of rotatable bonds is 4. The van der Waals surface area contributed by atoms with Crippen LogP contribution in [-0.2, 0) is 4.79 Å². The Kier molecular flexibility index (Phi) is 3.64. The Morgan fingerprint density at radius 1 is 1.70 bits per heavy atom.